The number of nitrogens with zero attached hydrogens (tertiary/aromatic N) is 2. The molecule has 2 aliphatic heterocycles. The molecular weight excluding hydrogens is 358 g/mol. The Labute approximate surface area is 153 Å². The van der Waals surface area contributed by atoms with Crippen molar-refractivity contribution in [2.75, 3.05) is 33.0 Å². The number of halogens is 2. The minimum Gasteiger partial charge on any atom is -0.454 e. The first-order chi connectivity index (χ1) is 13.0. The summed E-state index contributed by atoms with van der Waals surface area (Å²) in [6.45, 7) is 1.21. The van der Waals surface area contributed by atoms with Gasteiger partial charge in [-0.3, -0.25) is 9.59 Å². The van der Waals surface area contributed by atoms with Crippen LogP contribution in [0.3, 0.4) is 0 Å². The standard InChI is InChI=1S/C19H16F2N2O4/c20-13-2-3-15(21)14(10-13)19(25)23-7-5-22(6-8-23)18(24)12-1-4-16-17(9-12)27-11-26-16/h1-4,9-10H,5-8,11H2. The average molecular weight is 374 g/mol. The van der Waals surface area contributed by atoms with E-state index < -0.39 is 17.5 Å². The molecule has 2 aromatic carbocycles. The van der Waals surface area contributed by atoms with Crippen molar-refractivity contribution in [1.82, 2.24) is 9.80 Å². The molecule has 2 heterocycles. The predicted molar refractivity (Wildman–Crippen MR) is 90.7 cm³/mol. The number of ether oxygens (including phenoxy) is 2. The molecule has 1 saturated heterocycles. The zero-order valence-corrected chi connectivity index (χ0v) is 14.3. The lowest BCUT2D eigenvalue weighted by molar-refractivity contribution is 0.0532. The highest BCUT2D eigenvalue weighted by Crippen LogP contribution is 2.32. The molecule has 140 valence electrons. The van der Waals surface area contributed by atoms with Crippen LogP contribution in [0.1, 0.15) is 20.7 Å². The van der Waals surface area contributed by atoms with E-state index in [0.717, 1.165) is 18.2 Å². The SMILES string of the molecule is O=C(c1ccc2c(c1)OCO2)N1CCN(C(=O)c2cc(F)ccc2F)CC1. The molecule has 6 nitrogen and oxygen atoms in total. The highest BCUT2D eigenvalue weighted by Gasteiger charge is 2.28. The molecular formula is C19H16F2N2O4. The lowest BCUT2D eigenvalue weighted by Crippen LogP contribution is -2.50. The quantitative estimate of drug-likeness (QED) is 0.809. The van der Waals surface area contributed by atoms with Crippen molar-refractivity contribution < 1.29 is 27.8 Å². The van der Waals surface area contributed by atoms with E-state index in [-0.39, 0.29) is 31.4 Å². The second-order valence-electron chi connectivity index (χ2n) is 6.28. The minimum absolute atomic E-state index is 0.129. The van der Waals surface area contributed by atoms with Gasteiger partial charge >= 0.3 is 0 Å². The molecule has 0 radical (unpaired) electrons. The van der Waals surface area contributed by atoms with Crippen LogP contribution >= 0.6 is 0 Å². The zero-order valence-electron chi connectivity index (χ0n) is 14.3. The number of carbonyl (C=O) groups excluding carboxylic acids is 2. The van der Waals surface area contributed by atoms with Crippen molar-refractivity contribution in [1.29, 1.82) is 0 Å². The molecule has 2 aliphatic rings. The molecule has 2 aromatic rings. The molecule has 0 atom stereocenters. The number of amides is 2. The minimum atomic E-state index is -0.764. The van der Waals surface area contributed by atoms with Gasteiger partial charge in [-0.25, -0.2) is 8.78 Å². The van der Waals surface area contributed by atoms with Gasteiger partial charge in [0.2, 0.25) is 6.79 Å². The molecule has 0 aromatic heterocycles. The van der Waals surface area contributed by atoms with E-state index in [1.54, 1.807) is 23.1 Å². The fourth-order valence-electron chi connectivity index (χ4n) is 3.16. The second kappa shape index (κ2) is 6.86. The van der Waals surface area contributed by atoms with E-state index in [1.807, 2.05) is 0 Å². The Morgan fingerprint density at radius 1 is 0.815 bits per heavy atom. The average Bonchev–Trinajstić information content (AvgIpc) is 3.16. The molecule has 0 N–H and O–H groups in total. The van der Waals surface area contributed by atoms with Crippen molar-refractivity contribution in [2.45, 2.75) is 0 Å². The third kappa shape index (κ3) is 3.30. The summed E-state index contributed by atoms with van der Waals surface area (Å²) in [7, 11) is 0. The van der Waals surface area contributed by atoms with Crippen molar-refractivity contribution in [3.8, 4) is 11.5 Å². The van der Waals surface area contributed by atoms with Crippen LogP contribution < -0.4 is 9.47 Å². The largest absolute Gasteiger partial charge is 0.454 e. The van der Waals surface area contributed by atoms with Crippen LogP contribution in [0.4, 0.5) is 8.78 Å². The number of rotatable bonds is 2. The Hall–Kier alpha value is -3.16. The van der Waals surface area contributed by atoms with Crippen LogP contribution in [0.2, 0.25) is 0 Å². The number of benzene rings is 2. The zero-order chi connectivity index (χ0) is 19.0. The van der Waals surface area contributed by atoms with Gasteiger partial charge in [-0.15, -0.1) is 0 Å². The van der Waals surface area contributed by atoms with Crippen LogP contribution in [0.25, 0.3) is 0 Å². The molecule has 0 bridgehead atoms. The van der Waals surface area contributed by atoms with Gasteiger partial charge in [0.1, 0.15) is 11.6 Å². The first kappa shape index (κ1) is 17.3. The van der Waals surface area contributed by atoms with E-state index in [2.05, 4.69) is 0 Å². The molecule has 0 aliphatic carbocycles. The van der Waals surface area contributed by atoms with Crippen molar-refractivity contribution in [2.24, 2.45) is 0 Å². The summed E-state index contributed by atoms with van der Waals surface area (Å²) >= 11 is 0. The van der Waals surface area contributed by atoms with Gasteiger partial charge in [0, 0.05) is 31.7 Å². The van der Waals surface area contributed by atoms with Crippen LogP contribution in [0, 0.1) is 11.6 Å². The molecule has 4 rings (SSSR count). The van der Waals surface area contributed by atoms with Gasteiger partial charge in [0.15, 0.2) is 11.5 Å². The normalized spacial score (nSPS) is 15.8. The third-order valence-electron chi connectivity index (χ3n) is 4.63. The number of piperazine rings is 1. The van der Waals surface area contributed by atoms with E-state index in [1.165, 1.54) is 4.90 Å². The molecule has 0 spiro atoms. The van der Waals surface area contributed by atoms with Crippen LogP contribution in [0.5, 0.6) is 11.5 Å². The topological polar surface area (TPSA) is 59.1 Å². The number of hydrogen-bond acceptors (Lipinski definition) is 4. The van der Waals surface area contributed by atoms with Gasteiger partial charge in [-0.05, 0) is 36.4 Å². The summed E-state index contributed by atoms with van der Waals surface area (Å²) in [5.74, 6) is -1.08. The maximum Gasteiger partial charge on any atom is 0.257 e. The Balaban J connectivity index is 1.42. The molecule has 0 unspecified atom stereocenters. The smallest absolute Gasteiger partial charge is 0.257 e. The lowest BCUT2D eigenvalue weighted by atomic mass is 10.1. The Bertz CT molecular complexity index is 911. The van der Waals surface area contributed by atoms with Gasteiger partial charge in [-0.2, -0.15) is 0 Å². The van der Waals surface area contributed by atoms with Crippen LogP contribution in [-0.2, 0) is 0 Å². The van der Waals surface area contributed by atoms with E-state index >= 15 is 0 Å². The van der Waals surface area contributed by atoms with Gasteiger partial charge in [0.05, 0.1) is 5.56 Å². The maximum atomic E-state index is 13.8. The summed E-state index contributed by atoms with van der Waals surface area (Å²) < 4.78 is 37.6. The van der Waals surface area contributed by atoms with E-state index in [0.29, 0.717) is 30.2 Å². The van der Waals surface area contributed by atoms with Crippen molar-refractivity contribution >= 4 is 11.8 Å². The van der Waals surface area contributed by atoms with Crippen LogP contribution in [0.15, 0.2) is 36.4 Å². The highest BCUT2D eigenvalue weighted by atomic mass is 19.1. The second-order valence-corrected chi connectivity index (χ2v) is 6.28. The molecule has 27 heavy (non-hydrogen) atoms. The monoisotopic (exact) mass is 374 g/mol. The Morgan fingerprint density at radius 3 is 2.22 bits per heavy atom. The predicted octanol–water partition coefficient (Wildman–Crippen LogP) is 2.29. The first-order valence-electron chi connectivity index (χ1n) is 8.46. The van der Waals surface area contributed by atoms with Crippen LogP contribution in [-0.4, -0.2) is 54.6 Å². The van der Waals surface area contributed by atoms with Crippen molar-refractivity contribution in [3.63, 3.8) is 0 Å². The summed E-state index contributed by atoms with van der Waals surface area (Å²) in [6.07, 6.45) is 0. The van der Waals surface area contributed by atoms with Gasteiger partial charge in [-0.1, -0.05) is 0 Å². The lowest BCUT2D eigenvalue weighted by Gasteiger charge is -2.35. The molecule has 0 saturated carbocycles. The number of hydrogen-bond donors (Lipinski definition) is 0. The first-order valence-corrected chi connectivity index (χ1v) is 8.46. The van der Waals surface area contributed by atoms with Gasteiger partial charge in [0.25, 0.3) is 11.8 Å². The fraction of sp³-hybridized carbons (Fsp3) is 0.263. The summed E-state index contributed by atoms with van der Waals surface area (Å²) in [6, 6.07) is 7.76. The summed E-state index contributed by atoms with van der Waals surface area (Å²) in [5, 5.41) is 0. The highest BCUT2D eigenvalue weighted by molar-refractivity contribution is 5.96. The molecule has 1 fully saturated rings. The van der Waals surface area contributed by atoms with Crippen molar-refractivity contribution in [3.05, 3.63) is 59.2 Å². The summed E-state index contributed by atoms with van der Waals surface area (Å²) in [4.78, 5) is 28.1. The van der Waals surface area contributed by atoms with E-state index in [9.17, 15) is 18.4 Å². The number of carbonyl (C=O) groups is 2. The maximum absolute atomic E-state index is 13.8. The molecule has 8 heteroatoms. The number of fused-ring (bicyclic) bond motifs is 1. The Kier molecular flexibility index (Phi) is 4.39. The fourth-order valence-corrected chi connectivity index (χ4v) is 3.16. The Morgan fingerprint density at radius 2 is 1.48 bits per heavy atom. The third-order valence-corrected chi connectivity index (χ3v) is 4.63. The summed E-state index contributed by atoms with van der Waals surface area (Å²) in [5.41, 5.74) is 0.167. The van der Waals surface area contributed by atoms with Gasteiger partial charge < -0.3 is 19.3 Å². The van der Waals surface area contributed by atoms with E-state index in [4.69, 9.17) is 9.47 Å². The molecule has 2 amide bonds.